The minimum absolute atomic E-state index is 0.157. The van der Waals surface area contributed by atoms with E-state index < -0.39 is 11.8 Å². The molecule has 0 saturated heterocycles. The van der Waals surface area contributed by atoms with E-state index in [4.69, 9.17) is 14.7 Å². The van der Waals surface area contributed by atoms with E-state index in [0.717, 1.165) is 11.3 Å². The number of benzene rings is 3. The molecule has 2 amide bonds. The third kappa shape index (κ3) is 4.48. The first-order chi connectivity index (χ1) is 16.5. The number of imide groups is 1. The standard InChI is InChI=1S/C27H23N3O4/c1-3-15-34-22-13-9-19(10-14-22)24-25(29-20-5-4-6-23(16-20)33-2)27(32)30(26(24)31)21-11-7-18(17-28)8-12-21/h4-14,16,29H,3,15H2,1-2H3. The van der Waals surface area contributed by atoms with Crippen molar-refractivity contribution in [3.8, 4) is 17.6 Å². The van der Waals surface area contributed by atoms with E-state index >= 15 is 0 Å². The van der Waals surface area contributed by atoms with Crippen LogP contribution < -0.4 is 19.7 Å². The van der Waals surface area contributed by atoms with Crippen LogP contribution in [0.3, 0.4) is 0 Å². The Bertz CT molecular complexity index is 1290. The quantitative estimate of drug-likeness (QED) is 0.495. The summed E-state index contributed by atoms with van der Waals surface area (Å²) in [6, 6.07) is 22.6. The molecule has 7 heteroatoms. The van der Waals surface area contributed by atoms with Gasteiger partial charge >= 0.3 is 0 Å². The van der Waals surface area contributed by atoms with Crippen LogP contribution in [0.15, 0.2) is 78.5 Å². The zero-order valence-corrected chi connectivity index (χ0v) is 18.9. The minimum atomic E-state index is -0.487. The molecule has 0 bridgehead atoms. The Labute approximate surface area is 197 Å². The highest BCUT2D eigenvalue weighted by Crippen LogP contribution is 2.35. The molecule has 1 aliphatic heterocycles. The molecule has 1 heterocycles. The number of nitriles is 1. The van der Waals surface area contributed by atoms with Crippen LogP contribution in [0.4, 0.5) is 11.4 Å². The van der Waals surface area contributed by atoms with E-state index in [9.17, 15) is 9.59 Å². The van der Waals surface area contributed by atoms with Gasteiger partial charge in [0.15, 0.2) is 0 Å². The summed E-state index contributed by atoms with van der Waals surface area (Å²) in [7, 11) is 1.56. The first kappa shape index (κ1) is 22.6. The van der Waals surface area contributed by atoms with E-state index in [1.54, 1.807) is 79.9 Å². The third-order valence-corrected chi connectivity index (χ3v) is 5.29. The second kappa shape index (κ2) is 9.92. The van der Waals surface area contributed by atoms with E-state index in [0.29, 0.717) is 40.6 Å². The lowest BCUT2D eigenvalue weighted by Crippen LogP contribution is -2.32. The Morgan fingerprint density at radius 3 is 2.32 bits per heavy atom. The molecule has 0 unspecified atom stereocenters. The van der Waals surface area contributed by atoms with Gasteiger partial charge in [-0.25, -0.2) is 4.90 Å². The summed E-state index contributed by atoms with van der Waals surface area (Å²) < 4.78 is 10.9. The molecule has 0 aliphatic carbocycles. The number of nitrogens with one attached hydrogen (secondary N) is 1. The van der Waals surface area contributed by atoms with Crippen molar-refractivity contribution in [1.29, 1.82) is 5.26 Å². The van der Waals surface area contributed by atoms with E-state index in [-0.39, 0.29) is 11.3 Å². The third-order valence-electron chi connectivity index (χ3n) is 5.29. The maximum absolute atomic E-state index is 13.5. The summed E-state index contributed by atoms with van der Waals surface area (Å²) in [6.07, 6.45) is 0.883. The summed E-state index contributed by atoms with van der Waals surface area (Å²) in [5, 5.41) is 12.2. The van der Waals surface area contributed by atoms with Gasteiger partial charge in [-0.05, 0) is 60.5 Å². The molecule has 1 aliphatic rings. The monoisotopic (exact) mass is 453 g/mol. The van der Waals surface area contributed by atoms with Gasteiger partial charge in [-0.15, -0.1) is 0 Å². The molecule has 0 aromatic heterocycles. The first-order valence-corrected chi connectivity index (χ1v) is 10.8. The number of amides is 2. The van der Waals surface area contributed by atoms with Crippen molar-refractivity contribution in [1.82, 2.24) is 0 Å². The van der Waals surface area contributed by atoms with Crippen molar-refractivity contribution in [3.63, 3.8) is 0 Å². The number of ether oxygens (including phenoxy) is 2. The SMILES string of the molecule is CCCOc1ccc(C2=C(Nc3cccc(OC)c3)C(=O)N(c3ccc(C#N)cc3)C2=O)cc1. The minimum Gasteiger partial charge on any atom is -0.497 e. The molecule has 0 fully saturated rings. The number of rotatable bonds is 8. The number of hydrogen-bond acceptors (Lipinski definition) is 6. The van der Waals surface area contributed by atoms with Gasteiger partial charge in [0.25, 0.3) is 11.8 Å². The van der Waals surface area contributed by atoms with Crippen LogP contribution in [0.2, 0.25) is 0 Å². The van der Waals surface area contributed by atoms with Gasteiger partial charge in [0.05, 0.1) is 36.6 Å². The molecule has 0 spiro atoms. The molecule has 3 aromatic rings. The summed E-state index contributed by atoms with van der Waals surface area (Å²) in [5.74, 6) is 0.362. The molecule has 34 heavy (non-hydrogen) atoms. The van der Waals surface area contributed by atoms with E-state index in [1.165, 1.54) is 0 Å². The summed E-state index contributed by atoms with van der Waals surface area (Å²) in [4.78, 5) is 28.1. The molecule has 0 saturated carbocycles. The largest absolute Gasteiger partial charge is 0.497 e. The molecule has 0 radical (unpaired) electrons. The Balaban J connectivity index is 1.75. The van der Waals surface area contributed by atoms with Crippen LogP contribution in [0.5, 0.6) is 11.5 Å². The molecular weight excluding hydrogens is 430 g/mol. The van der Waals surface area contributed by atoms with Gasteiger partial charge in [-0.3, -0.25) is 9.59 Å². The second-order valence-electron chi connectivity index (χ2n) is 7.58. The Morgan fingerprint density at radius 2 is 1.68 bits per heavy atom. The zero-order valence-electron chi connectivity index (χ0n) is 18.9. The maximum Gasteiger partial charge on any atom is 0.282 e. The first-order valence-electron chi connectivity index (χ1n) is 10.8. The highest BCUT2D eigenvalue weighted by molar-refractivity contribution is 6.46. The average molecular weight is 453 g/mol. The highest BCUT2D eigenvalue weighted by Gasteiger charge is 2.40. The predicted molar refractivity (Wildman–Crippen MR) is 129 cm³/mol. The number of carbonyl (C=O) groups excluding carboxylic acids is 2. The fraction of sp³-hybridized carbons (Fsp3) is 0.148. The van der Waals surface area contributed by atoms with Crippen molar-refractivity contribution in [3.05, 3.63) is 89.6 Å². The number of carbonyl (C=O) groups is 2. The van der Waals surface area contributed by atoms with Gasteiger partial charge < -0.3 is 14.8 Å². The van der Waals surface area contributed by atoms with Gasteiger partial charge in [-0.2, -0.15) is 5.26 Å². The molecule has 1 N–H and O–H groups in total. The van der Waals surface area contributed by atoms with Crippen LogP contribution in [0.25, 0.3) is 5.57 Å². The van der Waals surface area contributed by atoms with Crippen molar-refractivity contribution in [2.75, 3.05) is 23.9 Å². The normalized spacial score (nSPS) is 13.1. The Kier molecular flexibility index (Phi) is 6.60. The molecule has 0 atom stereocenters. The van der Waals surface area contributed by atoms with Crippen LogP contribution in [-0.4, -0.2) is 25.5 Å². The molecule has 3 aromatic carbocycles. The lowest BCUT2D eigenvalue weighted by molar-refractivity contribution is -0.120. The van der Waals surface area contributed by atoms with Gasteiger partial charge in [-0.1, -0.05) is 25.1 Å². The van der Waals surface area contributed by atoms with Crippen LogP contribution in [0, 0.1) is 11.3 Å². The van der Waals surface area contributed by atoms with Gasteiger partial charge in [0.1, 0.15) is 17.2 Å². The topological polar surface area (TPSA) is 91.7 Å². The van der Waals surface area contributed by atoms with E-state index in [2.05, 4.69) is 5.32 Å². The summed E-state index contributed by atoms with van der Waals surface area (Å²) in [6.45, 7) is 2.62. The molecule has 7 nitrogen and oxygen atoms in total. The van der Waals surface area contributed by atoms with Crippen molar-refractivity contribution >= 4 is 28.8 Å². The maximum atomic E-state index is 13.5. The molecular formula is C27H23N3O4. The smallest absolute Gasteiger partial charge is 0.282 e. The lowest BCUT2D eigenvalue weighted by atomic mass is 10.0. The number of nitrogens with zero attached hydrogens (tertiary/aromatic N) is 2. The summed E-state index contributed by atoms with van der Waals surface area (Å²) in [5.41, 5.74) is 2.43. The molecule has 4 rings (SSSR count). The molecule has 170 valence electrons. The lowest BCUT2D eigenvalue weighted by Gasteiger charge is -2.15. The van der Waals surface area contributed by atoms with Crippen molar-refractivity contribution in [2.24, 2.45) is 0 Å². The highest BCUT2D eigenvalue weighted by atomic mass is 16.5. The second-order valence-corrected chi connectivity index (χ2v) is 7.58. The Morgan fingerprint density at radius 1 is 0.941 bits per heavy atom. The van der Waals surface area contributed by atoms with Crippen molar-refractivity contribution < 1.29 is 19.1 Å². The van der Waals surface area contributed by atoms with Crippen LogP contribution in [-0.2, 0) is 9.59 Å². The van der Waals surface area contributed by atoms with E-state index in [1.807, 2.05) is 13.0 Å². The van der Waals surface area contributed by atoms with Crippen molar-refractivity contribution in [2.45, 2.75) is 13.3 Å². The van der Waals surface area contributed by atoms with Gasteiger partial charge in [0, 0.05) is 11.8 Å². The summed E-state index contributed by atoms with van der Waals surface area (Å²) >= 11 is 0. The van der Waals surface area contributed by atoms with Crippen LogP contribution >= 0.6 is 0 Å². The van der Waals surface area contributed by atoms with Gasteiger partial charge in [0.2, 0.25) is 0 Å². The van der Waals surface area contributed by atoms with Crippen LogP contribution in [0.1, 0.15) is 24.5 Å². The predicted octanol–water partition coefficient (Wildman–Crippen LogP) is 4.75. The number of methoxy groups -OCH3 is 1. The zero-order chi connectivity index (χ0) is 24.1. The average Bonchev–Trinajstić information content (AvgIpc) is 3.12. The number of anilines is 2. The Hall–Kier alpha value is -4.57. The fourth-order valence-corrected chi connectivity index (χ4v) is 3.62. The fourth-order valence-electron chi connectivity index (χ4n) is 3.62. The number of hydrogen-bond donors (Lipinski definition) is 1.